The number of hydrogen-bond acceptors (Lipinski definition) is 5. The molecule has 0 radical (unpaired) electrons. The van der Waals surface area contributed by atoms with Gasteiger partial charge in [-0.25, -0.2) is 0 Å². The topological polar surface area (TPSA) is 74.2 Å². The first-order valence-corrected chi connectivity index (χ1v) is 5.43. The first-order chi connectivity index (χ1) is 8.26. The van der Waals surface area contributed by atoms with Crippen LogP contribution in [0.25, 0.3) is 11.4 Å². The van der Waals surface area contributed by atoms with Gasteiger partial charge in [0, 0.05) is 12.7 Å². The standard InChI is InChI=1S/C11H12ClN3O2/c1-16-6-7-3-2-4-8(12)10(7)11-14-9(5-13)17-15-11/h2-4H,5-6,13H2,1H3. The normalized spacial score (nSPS) is 10.8. The Kier molecular flexibility index (Phi) is 3.73. The summed E-state index contributed by atoms with van der Waals surface area (Å²) in [6.07, 6.45) is 0. The molecule has 17 heavy (non-hydrogen) atoms. The summed E-state index contributed by atoms with van der Waals surface area (Å²) in [5.41, 5.74) is 7.05. The van der Waals surface area contributed by atoms with Crippen LogP contribution in [0.15, 0.2) is 22.7 Å². The van der Waals surface area contributed by atoms with E-state index in [1.165, 1.54) is 0 Å². The second-order valence-corrected chi connectivity index (χ2v) is 3.83. The Morgan fingerprint density at radius 2 is 2.29 bits per heavy atom. The van der Waals surface area contributed by atoms with Crippen molar-refractivity contribution in [2.75, 3.05) is 7.11 Å². The molecule has 1 aromatic heterocycles. The minimum Gasteiger partial charge on any atom is -0.380 e. The van der Waals surface area contributed by atoms with Gasteiger partial charge in [-0.2, -0.15) is 4.98 Å². The molecule has 2 aromatic rings. The van der Waals surface area contributed by atoms with E-state index in [0.29, 0.717) is 23.3 Å². The second-order valence-electron chi connectivity index (χ2n) is 3.42. The molecule has 0 aliphatic rings. The third-order valence-electron chi connectivity index (χ3n) is 2.27. The molecule has 0 saturated heterocycles. The van der Waals surface area contributed by atoms with Crippen molar-refractivity contribution in [3.05, 3.63) is 34.7 Å². The zero-order valence-electron chi connectivity index (χ0n) is 9.31. The Morgan fingerprint density at radius 3 is 2.94 bits per heavy atom. The number of benzene rings is 1. The molecule has 1 aromatic carbocycles. The highest BCUT2D eigenvalue weighted by Gasteiger charge is 2.15. The van der Waals surface area contributed by atoms with Gasteiger partial charge in [0.25, 0.3) is 0 Å². The van der Waals surface area contributed by atoms with Crippen molar-refractivity contribution >= 4 is 11.6 Å². The second kappa shape index (κ2) is 5.27. The zero-order chi connectivity index (χ0) is 12.3. The number of nitrogens with zero attached hydrogens (tertiary/aromatic N) is 2. The molecular formula is C11H12ClN3O2. The molecule has 0 amide bonds. The fourth-order valence-electron chi connectivity index (χ4n) is 1.53. The quantitative estimate of drug-likeness (QED) is 0.902. The highest BCUT2D eigenvalue weighted by molar-refractivity contribution is 6.33. The molecule has 2 N–H and O–H groups in total. The fourth-order valence-corrected chi connectivity index (χ4v) is 1.81. The van der Waals surface area contributed by atoms with Gasteiger partial charge in [0.2, 0.25) is 11.7 Å². The SMILES string of the molecule is COCc1cccc(Cl)c1-c1noc(CN)n1. The molecule has 90 valence electrons. The van der Waals surface area contributed by atoms with Gasteiger partial charge in [-0.05, 0) is 11.6 Å². The maximum absolute atomic E-state index is 6.14. The van der Waals surface area contributed by atoms with Crippen molar-refractivity contribution in [3.8, 4) is 11.4 Å². The maximum atomic E-state index is 6.14. The fraction of sp³-hybridized carbons (Fsp3) is 0.273. The lowest BCUT2D eigenvalue weighted by molar-refractivity contribution is 0.185. The summed E-state index contributed by atoms with van der Waals surface area (Å²) in [6, 6.07) is 5.53. The molecular weight excluding hydrogens is 242 g/mol. The van der Waals surface area contributed by atoms with E-state index in [-0.39, 0.29) is 6.54 Å². The summed E-state index contributed by atoms with van der Waals surface area (Å²) >= 11 is 6.14. The van der Waals surface area contributed by atoms with Crippen LogP contribution in [0.1, 0.15) is 11.5 Å². The Morgan fingerprint density at radius 1 is 1.47 bits per heavy atom. The molecule has 0 atom stereocenters. The molecule has 0 spiro atoms. The predicted molar refractivity (Wildman–Crippen MR) is 63.3 cm³/mol. The van der Waals surface area contributed by atoms with E-state index < -0.39 is 0 Å². The van der Waals surface area contributed by atoms with Crippen LogP contribution in [-0.4, -0.2) is 17.3 Å². The van der Waals surface area contributed by atoms with Crippen LogP contribution < -0.4 is 5.73 Å². The number of aromatic nitrogens is 2. The minimum atomic E-state index is 0.205. The van der Waals surface area contributed by atoms with Crippen molar-refractivity contribution in [1.29, 1.82) is 0 Å². The Labute approximate surface area is 104 Å². The predicted octanol–water partition coefficient (Wildman–Crippen LogP) is 2.00. The van der Waals surface area contributed by atoms with E-state index in [9.17, 15) is 0 Å². The van der Waals surface area contributed by atoms with Gasteiger partial charge in [-0.1, -0.05) is 28.9 Å². The van der Waals surface area contributed by atoms with Crippen LogP contribution in [0.5, 0.6) is 0 Å². The molecule has 6 heteroatoms. The van der Waals surface area contributed by atoms with Gasteiger partial charge in [-0.15, -0.1) is 0 Å². The van der Waals surface area contributed by atoms with Crippen molar-refractivity contribution in [2.45, 2.75) is 13.2 Å². The summed E-state index contributed by atoms with van der Waals surface area (Å²) in [7, 11) is 1.62. The largest absolute Gasteiger partial charge is 0.380 e. The summed E-state index contributed by atoms with van der Waals surface area (Å²) in [4.78, 5) is 4.16. The molecule has 0 unspecified atom stereocenters. The van der Waals surface area contributed by atoms with E-state index in [2.05, 4.69) is 10.1 Å². The third-order valence-corrected chi connectivity index (χ3v) is 2.58. The Hall–Kier alpha value is -1.43. The number of nitrogens with two attached hydrogens (primary N) is 1. The van der Waals surface area contributed by atoms with Crippen LogP contribution in [-0.2, 0) is 17.9 Å². The van der Waals surface area contributed by atoms with Crippen molar-refractivity contribution in [3.63, 3.8) is 0 Å². The van der Waals surface area contributed by atoms with Gasteiger partial charge in [0.1, 0.15) is 0 Å². The molecule has 0 aliphatic carbocycles. The van der Waals surface area contributed by atoms with E-state index >= 15 is 0 Å². The lowest BCUT2D eigenvalue weighted by Crippen LogP contribution is -1.97. The van der Waals surface area contributed by atoms with E-state index in [1.807, 2.05) is 12.1 Å². The van der Waals surface area contributed by atoms with Crippen molar-refractivity contribution < 1.29 is 9.26 Å². The lowest BCUT2D eigenvalue weighted by Gasteiger charge is -2.06. The molecule has 0 fully saturated rings. The van der Waals surface area contributed by atoms with Crippen LogP contribution in [0.2, 0.25) is 5.02 Å². The minimum absolute atomic E-state index is 0.205. The highest BCUT2D eigenvalue weighted by atomic mass is 35.5. The number of ether oxygens (including phenoxy) is 1. The molecule has 1 heterocycles. The van der Waals surface area contributed by atoms with Gasteiger partial charge < -0.3 is 15.0 Å². The summed E-state index contributed by atoms with van der Waals surface area (Å²) in [5.74, 6) is 0.811. The van der Waals surface area contributed by atoms with Gasteiger partial charge in [0.05, 0.1) is 18.2 Å². The summed E-state index contributed by atoms with van der Waals surface area (Å²) < 4.78 is 10.1. The van der Waals surface area contributed by atoms with E-state index in [1.54, 1.807) is 13.2 Å². The Balaban J connectivity index is 2.48. The maximum Gasteiger partial charge on any atom is 0.240 e. The third kappa shape index (κ3) is 2.46. The van der Waals surface area contributed by atoms with Gasteiger partial charge in [-0.3, -0.25) is 0 Å². The first-order valence-electron chi connectivity index (χ1n) is 5.05. The summed E-state index contributed by atoms with van der Waals surface area (Å²) in [6.45, 7) is 0.638. The van der Waals surface area contributed by atoms with Crippen LogP contribution in [0, 0.1) is 0 Å². The van der Waals surface area contributed by atoms with Crippen LogP contribution >= 0.6 is 11.6 Å². The van der Waals surface area contributed by atoms with Crippen LogP contribution in [0.3, 0.4) is 0 Å². The first kappa shape index (κ1) is 12.0. The molecule has 0 saturated carbocycles. The number of hydrogen-bond donors (Lipinski definition) is 1. The molecule has 0 aliphatic heterocycles. The van der Waals surface area contributed by atoms with Crippen molar-refractivity contribution in [2.24, 2.45) is 5.73 Å². The number of methoxy groups -OCH3 is 1. The van der Waals surface area contributed by atoms with E-state index in [4.69, 9.17) is 26.6 Å². The molecule has 0 bridgehead atoms. The lowest BCUT2D eigenvalue weighted by atomic mass is 10.1. The van der Waals surface area contributed by atoms with Gasteiger partial charge >= 0.3 is 0 Å². The smallest absolute Gasteiger partial charge is 0.240 e. The monoisotopic (exact) mass is 253 g/mol. The average molecular weight is 254 g/mol. The van der Waals surface area contributed by atoms with Crippen LogP contribution in [0.4, 0.5) is 0 Å². The number of rotatable bonds is 4. The van der Waals surface area contributed by atoms with Crippen molar-refractivity contribution in [1.82, 2.24) is 10.1 Å². The number of halogens is 1. The zero-order valence-corrected chi connectivity index (χ0v) is 10.1. The van der Waals surface area contributed by atoms with E-state index in [0.717, 1.165) is 11.1 Å². The Bertz CT molecular complexity index is 513. The van der Waals surface area contributed by atoms with Gasteiger partial charge in [0.15, 0.2) is 0 Å². The molecule has 5 nitrogen and oxygen atoms in total. The molecule has 2 rings (SSSR count). The summed E-state index contributed by atoms with van der Waals surface area (Å²) in [5, 5.41) is 4.41. The average Bonchev–Trinajstić information content (AvgIpc) is 2.78. The highest BCUT2D eigenvalue weighted by Crippen LogP contribution is 2.29.